The Morgan fingerprint density at radius 1 is 1.30 bits per heavy atom. The van der Waals surface area contributed by atoms with E-state index >= 15 is 0 Å². The molecule has 2 N–H and O–H groups in total. The van der Waals surface area contributed by atoms with E-state index in [0.29, 0.717) is 12.6 Å². The summed E-state index contributed by atoms with van der Waals surface area (Å²) >= 11 is 0. The molecule has 0 fully saturated rings. The highest BCUT2D eigenvalue weighted by Gasteiger charge is 2.24. The average Bonchev–Trinajstić information content (AvgIpc) is 2.44. The maximum Gasteiger partial charge on any atom is 0.0590 e. The monoisotopic (exact) mass is 278 g/mol. The number of rotatable bonds is 8. The first-order valence-corrected chi connectivity index (χ1v) is 7.57. The summed E-state index contributed by atoms with van der Waals surface area (Å²) in [5.41, 5.74) is 10.1. The smallest absolute Gasteiger partial charge is 0.0590 e. The van der Waals surface area contributed by atoms with Gasteiger partial charge >= 0.3 is 0 Å². The van der Waals surface area contributed by atoms with E-state index < -0.39 is 0 Å². The van der Waals surface area contributed by atoms with Crippen LogP contribution in [0.1, 0.15) is 43.0 Å². The number of benzene rings is 1. The largest absolute Gasteiger partial charge is 0.383 e. The molecule has 3 nitrogen and oxygen atoms in total. The number of nitrogens with two attached hydrogens (primary N) is 1. The number of aryl methyl sites for hydroxylation is 2. The first kappa shape index (κ1) is 17.2. The summed E-state index contributed by atoms with van der Waals surface area (Å²) in [7, 11) is 1.75. The highest BCUT2D eigenvalue weighted by atomic mass is 16.5. The van der Waals surface area contributed by atoms with Crippen molar-refractivity contribution >= 4 is 0 Å². The summed E-state index contributed by atoms with van der Waals surface area (Å²) in [6.45, 7) is 11.1. The third kappa shape index (κ3) is 4.30. The van der Waals surface area contributed by atoms with Crippen molar-refractivity contribution in [1.29, 1.82) is 0 Å². The van der Waals surface area contributed by atoms with Crippen LogP contribution in [0.3, 0.4) is 0 Å². The number of methoxy groups -OCH3 is 1. The molecule has 0 aliphatic carbocycles. The fourth-order valence-corrected chi connectivity index (χ4v) is 2.76. The minimum atomic E-state index is 0.265. The Morgan fingerprint density at radius 3 is 2.50 bits per heavy atom. The second kappa shape index (κ2) is 8.40. The summed E-state index contributed by atoms with van der Waals surface area (Å²) in [6.07, 6.45) is 1.12. The summed E-state index contributed by atoms with van der Waals surface area (Å²) in [5, 5.41) is 0. The van der Waals surface area contributed by atoms with Crippen LogP contribution in [0, 0.1) is 13.8 Å². The van der Waals surface area contributed by atoms with Gasteiger partial charge in [-0.1, -0.05) is 30.7 Å². The molecule has 114 valence electrons. The molecule has 0 aliphatic heterocycles. The lowest BCUT2D eigenvalue weighted by Gasteiger charge is -2.36. The topological polar surface area (TPSA) is 38.5 Å². The van der Waals surface area contributed by atoms with Crippen LogP contribution in [0.4, 0.5) is 0 Å². The zero-order valence-electron chi connectivity index (χ0n) is 13.6. The van der Waals surface area contributed by atoms with Gasteiger partial charge in [-0.2, -0.15) is 0 Å². The van der Waals surface area contributed by atoms with Crippen molar-refractivity contribution < 1.29 is 4.74 Å². The van der Waals surface area contributed by atoms with E-state index in [1.807, 2.05) is 0 Å². The maximum atomic E-state index is 6.09. The van der Waals surface area contributed by atoms with Gasteiger partial charge in [0.05, 0.1) is 6.61 Å². The van der Waals surface area contributed by atoms with Crippen LogP contribution in [0.25, 0.3) is 0 Å². The zero-order chi connectivity index (χ0) is 15.1. The predicted molar refractivity (Wildman–Crippen MR) is 86.0 cm³/mol. The Labute approximate surface area is 124 Å². The molecule has 20 heavy (non-hydrogen) atoms. The molecule has 0 aliphatic rings. The van der Waals surface area contributed by atoms with Crippen LogP contribution in [-0.2, 0) is 4.74 Å². The van der Waals surface area contributed by atoms with Crippen molar-refractivity contribution in [3.63, 3.8) is 0 Å². The van der Waals surface area contributed by atoms with E-state index in [0.717, 1.165) is 19.6 Å². The van der Waals surface area contributed by atoms with Crippen LogP contribution >= 0.6 is 0 Å². The van der Waals surface area contributed by atoms with E-state index in [-0.39, 0.29) is 6.04 Å². The van der Waals surface area contributed by atoms with Crippen molar-refractivity contribution in [3.8, 4) is 0 Å². The Morgan fingerprint density at radius 2 is 2.00 bits per heavy atom. The van der Waals surface area contributed by atoms with Crippen molar-refractivity contribution in [3.05, 3.63) is 34.9 Å². The lowest BCUT2D eigenvalue weighted by atomic mass is 9.96. The van der Waals surface area contributed by atoms with Gasteiger partial charge in [0.1, 0.15) is 0 Å². The number of hydrogen-bond donors (Lipinski definition) is 1. The third-order valence-electron chi connectivity index (χ3n) is 4.12. The number of hydrogen-bond acceptors (Lipinski definition) is 3. The second-order valence-electron chi connectivity index (χ2n) is 5.60. The van der Waals surface area contributed by atoms with Gasteiger partial charge in [0.25, 0.3) is 0 Å². The van der Waals surface area contributed by atoms with Crippen LogP contribution in [-0.4, -0.2) is 37.7 Å². The van der Waals surface area contributed by atoms with Crippen molar-refractivity contribution in [1.82, 2.24) is 4.90 Å². The third-order valence-corrected chi connectivity index (χ3v) is 4.12. The van der Waals surface area contributed by atoms with E-state index in [1.54, 1.807) is 7.11 Å². The summed E-state index contributed by atoms with van der Waals surface area (Å²) in [4.78, 5) is 2.47. The van der Waals surface area contributed by atoms with Crippen molar-refractivity contribution in [2.75, 3.05) is 26.8 Å². The molecule has 0 aromatic heterocycles. The van der Waals surface area contributed by atoms with Gasteiger partial charge in [-0.15, -0.1) is 0 Å². The van der Waals surface area contributed by atoms with Gasteiger partial charge in [-0.05, 0) is 38.3 Å². The van der Waals surface area contributed by atoms with Crippen LogP contribution in [0.5, 0.6) is 0 Å². The molecule has 2 atom stereocenters. The maximum absolute atomic E-state index is 6.09. The fourth-order valence-electron chi connectivity index (χ4n) is 2.76. The molecule has 0 spiro atoms. The molecular formula is C17H30N2O. The Balaban J connectivity index is 3.04. The first-order chi connectivity index (χ1) is 9.54. The molecule has 2 unspecified atom stereocenters. The average molecular weight is 278 g/mol. The van der Waals surface area contributed by atoms with Gasteiger partial charge < -0.3 is 10.5 Å². The standard InChI is InChI=1S/C17H30N2O/c1-6-15(4)19(9-10-20-5)17(12-18)16-8-7-13(2)11-14(16)3/h7-8,11,15,17H,6,9-10,12,18H2,1-5H3. The molecule has 3 heteroatoms. The molecule has 0 heterocycles. The predicted octanol–water partition coefficient (Wildman–Crippen LogP) is 3.05. The Kier molecular flexibility index (Phi) is 7.20. The molecule has 1 aromatic carbocycles. The van der Waals surface area contributed by atoms with Crippen LogP contribution < -0.4 is 5.73 Å². The van der Waals surface area contributed by atoms with Gasteiger partial charge in [-0.25, -0.2) is 0 Å². The Hall–Kier alpha value is -0.900. The Bertz CT molecular complexity index is 406. The van der Waals surface area contributed by atoms with Crippen molar-refractivity contribution in [2.45, 2.75) is 46.2 Å². The minimum absolute atomic E-state index is 0.265. The van der Waals surface area contributed by atoms with Crippen LogP contribution in [0.2, 0.25) is 0 Å². The molecule has 1 aromatic rings. The zero-order valence-corrected chi connectivity index (χ0v) is 13.6. The van der Waals surface area contributed by atoms with Gasteiger partial charge in [0, 0.05) is 32.3 Å². The van der Waals surface area contributed by atoms with Crippen molar-refractivity contribution in [2.24, 2.45) is 5.73 Å². The minimum Gasteiger partial charge on any atom is -0.383 e. The molecule has 1 rings (SSSR count). The summed E-state index contributed by atoms with van der Waals surface area (Å²) in [5.74, 6) is 0. The van der Waals surface area contributed by atoms with Gasteiger partial charge in [0.2, 0.25) is 0 Å². The lowest BCUT2D eigenvalue weighted by Crippen LogP contribution is -2.42. The molecule has 0 saturated heterocycles. The fraction of sp³-hybridized carbons (Fsp3) is 0.647. The van der Waals surface area contributed by atoms with E-state index in [2.05, 4.69) is 50.8 Å². The summed E-state index contributed by atoms with van der Waals surface area (Å²) in [6, 6.07) is 7.41. The normalized spacial score (nSPS) is 14.6. The lowest BCUT2D eigenvalue weighted by molar-refractivity contribution is 0.0900. The highest BCUT2D eigenvalue weighted by Crippen LogP contribution is 2.26. The van der Waals surface area contributed by atoms with E-state index in [4.69, 9.17) is 10.5 Å². The SMILES string of the molecule is CCC(C)N(CCOC)C(CN)c1ccc(C)cc1C. The summed E-state index contributed by atoms with van der Waals surface area (Å²) < 4.78 is 5.26. The second-order valence-corrected chi connectivity index (χ2v) is 5.60. The van der Waals surface area contributed by atoms with Crippen LogP contribution in [0.15, 0.2) is 18.2 Å². The molecule has 0 bridgehead atoms. The highest BCUT2D eigenvalue weighted by molar-refractivity contribution is 5.33. The molecule has 0 radical (unpaired) electrons. The number of nitrogens with zero attached hydrogens (tertiary/aromatic N) is 1. The van der Waals surface area contributed by atoms with E-state index in [9.17, 15) is 0 Å². The quantitative estimate of drug-likeness (QED) is 0.794. The van der Waals surface area contributed by atoms with Gasteiger partial charge in [0.15, 0.2) is 0 Å². The van der Waals surface area contributed by atoms with E-state index in [1.165, 1.54) is 16.7 Å². The molecule has 0 amide bonds. The van der Waals surface area contributed by atoms with Gasteiger partial charge in [-0.3, -0.25) is 4.90 Å². The molecule has 0 saturated carbocycles. The first-order valence-electron chi connectivity index (χ1n) is 7.57. The number of ether oxygens (including phenoxy) is 1. The molecular weight excluding hydrogens is 248 g/mol.